The van der Waals surface area contributed by atoms with Gasteiger partial charge >= 0.3 is 5.97 Å². The first kappa shape index (κ1) is 27.4. The summed E-state index contributed by atoms with van der Waals surface area (Å²) in [5, 5.41) is 8.97. The van der Waals surface area contributed by atoms with E-state index in [0.717, 1.165) is 12.8 Å². The molecule has 0 aromatic rings. The number of likely N-dealkylation sites (N-methyl/N-ethyl adjacent to an activating group) is 1. The molecule has 28 heavy (non-hydrogen) atoms. The molecule has 0 rings (SSSR count). The van der Waals surface area contributed by atoms with E-state index < -0.39 is 12.1 Å². The van der Waals surface area contributed by atoms with Gasteiger partial charge in [-0.1, -0.05) is 90.4 Å². The van der Waals surface area contributed by atoms with Gasteiger partial charge in [-0.25, -0.2) is 9.78 Å². The summed E-state index contributed by atoms with van der Waals surface area (Å²) in [4.78, 5) is 21.5. The third kappa shape index (κ3) is 21.6. The highest BCUT2D eigenvalue weighted by atomic mass is 17.2. The van der Waals surface area contributed by atoms with Gasteiger partial charge in [-0.15, -0.1) is 0 Å². The van der Waals surface area contributed by atoms with E-state index in [0.29, 0.717) is 17.6 Å². The smallest absolute Gasteiger partial charge is 0.306 e. The first-order valence-corrected chi connectivity index (χ1v) is 11.7. The molecule has 1 atom stereocenters. The van der Waals surface area contributed by atoms with Crippen LogP contribution in [0.4, 0.5) is 0 Å². The van der Waals surface area contributed by atoms with Crippen LogP contribution in [0.1, 0.15) is 103 Å². The molecular formula is C23H48NO4+. The zero-order valence-electron chi connectivity index (χ0n) is 19.2. The third-order valence-electron chi connectivity index (χ3n) is 4.94. The predicted octanol–water partition coefficient (Wildman–Crippen LogP) is 5.97. The second-order valence-electron chi connectivity index (χ2n) is 9.21. The number of hydrogen-bond donors (Lipinski definition) is 1. The van der Waals surface area contributed by atoms with Crippen molar-refractivity contribution in [2.75, 3.05) is 34.3 Å². The number of carboxylic acid groups (broad SMARTS) is 1. The van der Waals surface area contributed by atoms with Gasteiger partial charge in [0, 0.05) is 0 Å². The highest BCUT2D eigenvalue weighted by molar-refractivity contribution is 5.67. The van der Waals surface area contributed by atoms with Crippen LogP contribution in [0.25, 0.3) is 0 Å². The summed E-state index contributed by atoms with van der Waals surface area (Å²) in [7, 11) is 6.06. The Bertz CT molecular complexity index is 355. The Morgan fingerprint density at radius 1 is 0.786 bits per heavy atom. The molecule has 1 unspecified atom stereocenters. The Balaban J connectivity index is 3.40. The molecule has 0 aliphatic carbocycles. The fraction of sp³-hybridized carbons (Fsp3) is 0.957. The highest BCUT2D eigenvalue weighted by Crippen LogP contribution is 2.13. The molecule has 0 fully saturated rings. The van der Waals surface area contributed by atoms with E-state index in [2.05, 4.69) is 6.92 Å². The zero-order valence-corrected chi connectivity index (χ0v) is 19.2. The lowest BCUT2D eigenvalue weighted by Gasteiger charge is -2.27. The molecule has 0 aliphatic rings. The Labute approximate surface area is 174 Å². The molecule has 5 heteroatoms. The molecule has 0 saturated heterocycles. The van der Waals surface area contributed by atoms with Crippen molar-refractivity contribution in [2.24, 2.45) is 0 Å². The topological polar surface area (TPSA) is 55.8 Å². The van der Waals surface area contributed by atoms with Gasteiger partial charge in [0.15, 0.2) is 6.10 Å². The molecule has 0 aromatic heterocycles. The van der Waals surface area contributed by atoms with Crippen molar-refractivity contribution in [3.05, 3.63) is 0 Å². The van der Waals surface area contributed by atoms with Gasteiger partial charge < -0.3 is 9.59 Å². The second-order valence-corrected chi connectivity index (χ2v) is 9.21. The van der Waals surface area contributed by atoms with Gasteiger partial charge in [0.25, 0.3) is 0 Å². The van der Waals surface area contributed by atoms with E-state index in [1.807, 2.05) is 21.1 Å². The lowest BCUT2D eigenvalue weighted by Crippen LogP contribution is -2.43. The Morgan fingerprint density at radius 2 is 1.21 bits per heavy atom. The SMILES string of the molecule is CCCCCCCCCCCCCCCCOOC(CC(=O)O)C[N+](C)(C)C. The van der Waals surface area contributed by atoms with Crippen molar-refractivity contribution in [1.29, 1.82) is 0 Å². The Morgan fingerprint density at radius 3 is 1.61 bits per heavy atom. The average Bonchev–Trinajstić information content (AvgIpc) is 2.59. The minimum atomic E-state index is -0.849. The van der Waals surface area contributed by atoms with Crippen LogP contribution in [0.5, 0.6) is 0 Å². The number of quaternary nitrogens is 1. The summed E-state index contributed by atoms with van der Waals surface area (Å²) in [5.41, 5.74) is 0. The largest absolute Gasteiger partial charge is 0.481 e. The molecule has 0 amide bonds. The van der Waals surface area contributed by atoms with Crippen LogP contribution in [0.15, 0.2) is 0 Å². The van der Waals surface area contributed by atoms with Crippen LogP contribution in [0.3, 0.4) is 0 Å². The van der Waals surface area contributed by atoms with Crippen LogP contribution in [-0.2, 0) is 14.6 Å². The van der Waals surface area contributed by atoms with E-state index in [1.165, 1.54) is 77.0 Å². The number of unbranched alkanes of at least 4 members (excludes halogenated alkanes) is 13. The van der Waals surface area contributed by atoms with Crippen molar-refractivity contribution < 1.29 is 24.2 Å². The van der Waals surface area contributed by atoms with Crippen LogP contribution < -0.4 is 0 Å². The maximum absolute atomic E-state index is 10.9. The van der Waals surface area contributed by atoms with E-state index in [9.17, 15) is 4.79 Å². The quantitative estimate of drug-likeness (QED) is 0.111. The highest BCUT2D eigenvalue weighted by Gasteiger charge is 2.22. The molecule has 0 spiro atoms. The minimum Gasteiger partial charge on any atom is -0.481 e. The standard InChI is InChI=1S/C23H47NO4/c1-5-6-7-8-9-10-11-12-13-14-15-16-17-18-19-27-28-22(20-23(25)26)21-24(2,3)4/h22H,5-21H2,1-4H3/p+1. The molecule has 0 bridgehead atoms. The summed E-state index contributed by atoms with van der Waals surface area (Å²) < 4.78 is 0.653. The van der Waals surface area contributed by atoms with E-state index in [1.54, 1.807) is 0 Å². The zero-order chi connectivity index (χ0) is 21.1. The van der Waals surface area contributed by atoms with E-state index in [4.69, 9.17) is 14.9 Å². The molecule has 0 saturated carbocycles. The summed E-state index contributed by atoms with van der Waals surface area (Å²) in [6.45, 7) is 3.43. The number of hydrogen-bond acceptors (Lipinski definition) is 3. The third-order valence-corrected chi connectivity index (χ3v) is 4.94. The van der Waals surface area contributed by atoms with Crippen molar-refractivity contribution >= 4 is 5.97 Å². The van der Waals surface area contributed by atoms with Gasteiger partial charge in [-0.2, -0.15) is 0 Å². The van der Waals surface area contributed by atoms with E-state index in [-0.39, 0.29) is 6.42 Å². The first-order chi connectivity index (χ1) is 13.3. The number of rotatable bonds is 21. The molecule has 168 valence electrons. The Hall–Kier alpha value is -0.650. The number of carboxylic acids is 1. The average molecular weight is 403 g/mol. The normalized spacial score (nSPS) is 13.0. The lowest BCUT2D eigenvalue weighted by atomic mass is 10.0. The molecular weight excluding hydrogens is 354 g/mol. The van der Waals surface area contributed by atoms with Gasteiger partial charge in [-0.05, 0) is 6.42 Å². The Kier molecular flexibility index (Phi) is 18.0. The summed E-state index contributed by atoms with van der Waals surface area (Å²) in [6.07, 6.45) is 18.2. The first-order valence-electron chi connectivity index (χ1n) is 11.7. The van der Waals surface area contributed by atoms with Crippen molar-refractivity contribution in [2.45, 2.75) is 109 Å². The van der Waals surface area contributed by atoms with Crippen molar-refractivity contribution in [3.8, 4) is 0 Å². The molecule has 1 N–H and O–H groups in total. The maximum atomic E-state index is 10.9. The fourth-order valence-corrected chi connectivity index (χ4v) is 3.43. The van der Waals surface area contributed by atoms with E-state index >= 15 is 0 Å². The lowest BCUT2D eigenvalue weighted by molar-refractivity contribution is -0.875. The number of carbonyl (C=O) groups is 1. The van der Waals surface area contributed by atoms with Crippen LogP contribution in [0, 0.1) is 0 Å². The number of aliphatic carboxylic acids is 1. The summed E-state index contributed by atoms with van der Waals surface area (Å²) >= 11 is 0. The maximum Gasteiger partial charge on any atom is 0.306 e. The van der Waals surface area contributed by atoms with Gasteiger partial charge in [0.2, 0.25) is 0 Å². The van der Waals surface area contributed by atoms with Gasteiger partial charge in [0.05, 0.1) is 34.2 Å². The predicted molar refractivity (Wildman–Crippen MR) is 116 cm³/mol. The molecule has 0 heterocycles. The molecule has 0 radical (unpaired) electrons. The summed E-state index contributed by atoms with van der Waals surface area (Å²) in [5.74, 6) is -0.849. The minimum absolute atomic E-state index is 0.0196. The van der Waals surface area contributed by atoms with Crippen molar-refractivity contribution in [1.82, 2.24) is 0 Å². The fourth-order valence-electron chi connectivity index (χ4n) is 3.43. The number of nitrogens with zero attached hydrogens (tertiary/aromatic N) is 1. The van der Waals surface area contributed by atoms with Crippen LogP contribution in [-0.4, -0.2) is 56.0 Å². The molecule has 0 aromatic carbocycles. The molecule has 5 nitrogen and oxygen atoms in total. The monoisotopic (exact) mass is 402 g/mol. The van der Waals surface area contributed by atoms with Gasteiger partial charge in [-0.3, -0.25) is 4.79 Å². The summed E-state index contributed by atoms with van der Waals surface area (Å²) in [6, 6.07) is 0. The van der Waals surface area contributed by atoms with Crippen molar-refractivity contribution in [3.63, 3.8) is 0 Å². The van der Waals surface area contributed by atoms with Crippen LogP contribution >= 0.6 is 0 Å². The van der Waals surface area contributed by atoms with Gasteiger partial charge in [0.1, 0.15) is 6.54 Å². The van der Waals surface area contributed by atoms with Crippen LogP contribution in [0.2, 0.25) is 0 Å². The molecule has 0 aliphatic heterocycles. The second kappa shape index (κ2) is 18.4.